The van der Waals surface area contributed by atoms with Crippen LogP contribution >= 0.6 is 0 Å². The Morgan fingerprint density at radius 1 is 1.08 bits per heavy atom. The number of benzene rings is 1. The standard InChI is InChI=1S/C13H17/c1-5-6-11-7-9-12(10-8-11)13(2,3)4/h5-10H,1H2,2-4H3/b6-5+. The molecule has 0 bridgehead atoms. The zero-order valence-corrected chi connectivity index (χ0v) is 8.67. The van der Waals surface area contributed by atoms with E-state index in [-0.39, 0.29) is 5.41 Å². The van der Waals surface area contributed by atoms with Crippen molar-refractivity contribution in [3.05, 3.63) is 48.4 Å². The summed E-state index contributed by atoms with van der Waals surface area (Å²) < 4.78 is 0. The first-order valence-corrected chi connectivity index (χ1v) is 4.60. The normalized spacial score (nSPS) is 12.3. The zero-order chi connectivity index (χ0) is 9.90. The van der Waals surface area contributed by atoms with Gasteiger partial charge in [0.05, 0.1) is 0 Å². The van der Waals surface area contributed by atoms with Gasteiger partial charge in [0.1, 0.15) is 0 Å². The molecule has 0 heterocycles. The summed E-state index contributed by atoms with van der Waals surface area (Å²) >= 11 is 0. The third kappa shape index (κ3) is 2.73. The molecule has 0 heteroatoms. The van der Waals surface area contributed by atoms with Crippen LogP contribution in [0, 0.1) is 6.92 Å². The lowest BCUT2D eigenvalue weighted by molar-refractivity contribution is 0.590. The van der Waals surface area contributed by atoms with E-state index in [0.29, 0.717) is 0 Å². The molecule has 1 radical (unpaired) electrons. The molecule has 0 saturated carbocycles. The Morgan fingerprint density at radius 3 is 2.00 bits per heavy atom. The van der Waals surface area contributed by atoms with Gasteiger partial charge in [0.15, 0.2) is 0 Å². The van der Waals surface area contributed by atoms with Crippen molar-refractivity contribution < 1.29 is 0 Å². The lowest BCUT2D eigenvalue weighted by Gasteiger charge is -2.18. The molecule has 1 rings (SSSR count). The first-order valence-electron chi connectivity index (χ1n) is 4.60. The van der Waals surface area contributed by atoms with Gasteiger partial charge in [-0.05, 0) is 23.5 Å². The highest BCUT2D eigenvalue weighted by Crippen LogP contribution is 2.22. The van der Waals surface area contributed by atoms with Gasteiger partial charge in [-0.15, -0.1) is 0 Å². The van der Waals surface area contributed by atoms with Crippen molar-refractivity contribution in [1.82, 2.24) is 0 Å². The van der Waals surface area contributed by atoms with E-state index in [0.717, 1.165) is 0 Å². The maximum absolute atomic E-state index is 3.67. The van der Waals surface area contributed by atoms with Gasteiger partial charge in [-0.1, -0.05) is 57.2 Å². The molecule has 0 saturated heterocycles. The molecule has 0 aliphatic rings. The van der Waals surface area contributed by atoms with Gasteiger partial charge in [0.25, 0.3) is 0 Å². The average molecular weight is 173 g/mol. The van der Waals surface area contributed by atoms with Crippen LogP contribution in [0.4, 0.5) is 0 Å². The van der Waals surface area contributed by atoms with E-state index in [2.05, 4.69) is 52.0 Å². The van der Waals surface area contributed by atoms with Crippen LogP contribution in [0.1, 0.15) is 31.9 Å². The minimum atomic E-state index is 0.243. The predicted molar refractivity (Wildman–Crippen MR) is 59.5 cm³/mol. The van der Waals surface area contributed by atoms with Gasteiger partial charge in [-0.25, -0.2) is 0 Å². The quantitative estimate of drug-likeness (QED) is 0.605. The van der Waals surface area contributed by atoms with Crippen LogP contribution in [0.5, 0.6) is 0 Å². The fourth-order valence-corrected chi connectivity index (χ4v) is 1.23. The van der Waals surface area contributed by atoms with Crippen LogP contribution in [0.3, 0.4) is 0 Å². The van der Waals surface area contributed by atoms with Gasteiger partial charge in [0.2, 0.25) is 0 Å². The molecule has 1 aromatic carbocycles. The van der Waals surface area contributed by atoms with E-state index in [1.807, 2.05) is 12.2 Å². The summed E-state index contributed by atoms with van der Waals surface area (Å²) in [7, 11) is 0. The first kappa shape index (κ1) is 10.0. The van der Waals surface area contributed by atoms with E-state index in [9.17, 15) is 0 Å². The Hall–Kier alpha value is -1.04. The highest BCUT2D eigenvalue weighted by atomic mass is 14.2. The molecule has 13 heavy (non-hydrogen) atoms. The highest BCUT2D eigenvalue weighted by molar-refractivity contribution is 5.50. The fourth-order valence-electron chi connectivity index (χ4n) is 1.23. The molecule has 1 aromatic rings. The van der Waals surface area contributed by atoms with Gasteiger partial charge in [-0.3, -0.25) is 0 Å². The van der Waals surface area contributed by atoms with Crippen LogP contribution in [-0.2, 0) is 5.41 Å². The van der Waals surface area contributed by atoms with E-state index >= 15 is 0 Å². The molecule has 0 aromatic heterocycles. The van der Waals surface area contributed by atoms with Crippen LogP contribution in [0.25, 0.3) is 6.08 Å². The minimum absolute atomic E-state index is 0.243. The van der Waals surface area contributed by atoms with Crippen LogP contribution in [0.15, 0.2) is 30.3 Å². The monoisotopic (exact) mass is 173 g/mol. The van der Waals surface area contributed by atoms with Crippen LogP contribution in [-0.4, -0.2) is 0 Å². The summed E-state index contributed by atoms with van der Waals surface area (Å²) in [6.07, 6.45) is 3.82. The van der Waals surface area contributed by atoms with Crippen LogP contribution < -0.4 is 0 Å². The molecule has 0 aliphatic heterocycles. The third-order valence-electron chi connectivity index (χ3n) is 2.09. The predicted octanol–water partition coefficient (Wildman–Crippen LogP) is 3.83. The van der Waals surface area contributed by atoms with Gasteiger partial charge >= 0.3 is 0 Å². The third-order valence-corrected chi connectivity index (χ3v) is 2.09. The minimum Gasteiger partial charge on any atom is -0.0836 e. The first-order chi connectivity index (χ1) is 6.04. The summed E-state index contributed by atoms with van der Waals surface area (Å²) in [6.45, 7) is 10.3. The Morgan fingerprint density at radius 2 is 1.62 bits per heavy atom. The van der Waals surface area contributed by atoms with Crippen molar-refractivity contribution >= 4 is 6.08 Å². The maximum atomic E-state index is 3.67. The summed E-state index contributed by atoms with van der Waals surface area (Å²) in [5, 5.41) is 0. The second-order valence-corrected chi connectivity index (χ2v) is 4.27. The molecule has 0 aliphatic carbocycles. The Bertz CT molecular complexity index is 283. The summed E-state index contributed by atoms with van der Waals surface area (Å²) in [6, 6.07) is 8.61. The average Bonchev–Trinajstić information content (AvgIpc) is 2.04. The summed E-state index contributed by atoms with van der Waals surface area (Å²) in [5.74, 6) is 0. The number of hydrogen-bond donors (Lipinski definition) is 0. The molecule has 0 fully saturated rings. The van der Waals surface area contributed by atoms with Gasteiger partial charge in [0, 0.05) is 0 Å². The Kier molecular flexibility index (Phi) is 2.92. The zero-order valence-electron chi connectivity index (χ0n) is 8.67. The topological polar surface area (TPSA) is 0 Å². The molecular formula is C13H17. The lowest BCUT2D eigenvalue weighted by Crippen LogP contribution is -2.10. The molecule has 0 nitrogen and oxygen atoms in total. The fraction of sp³-hybridized carbons (Fsp3) is 0.308. The van der Waals surface area contributed by atoms with Crippen molar-refractivity contribution in [2.75, 3.05) is 0 Å². The van der Waals surface area contributed by atoms with E-state index in [1.54, 1.807) is 0 Å². The largest absolute Gasteiger partial charge is 0.0836 e. The lowest BCUT2D eigenvalue weighted by atomic mass is 9.87. The van der Waals surface area contributed by atoms with Crippen molar-refractivity contribution in [2.45, 2.75) is 26.2 Å². The molecule has 0 amide bonds. The number of rotatable bonds is 1. The van der Waals surface area contributed by atoms with Crippen LogP contribution in [0.2, 0.25) is 0 Å². The summed E-state index contributed by atoms with van der Waals surface area (Å²) in [5.41, 5.74) is 2.82. The second-order valence-electron chi connectivity index (χ2n) is 4.27. The van der Waals surface area contributed by atoms with E-state index < -0.39 is 0 Å². The molecule has 0 unspecified atom stereocenters. The van der Waals surface area contributed by atoms with Crippen molar-refractivity contribution in [3.63, 3.8) is 0 Å². The van der Waals surface area contributed by atoms with Gasteiger partial charge < -0.3 is 0 Å². The SMILES string of the molecule is [CH2]/C=C/c1ccc(C(C)(C)C)cc1. The Labute approximate surface area is 81.3 Å². The summed E-state index contributed by atoms with van der Waals surface area (Å²) in [4.78, 5) is 0. The molecular weight excluding hydrogens is 156 g/mol. The van der Waals surface area contributed by atoms with Crippen molar-refractivity contribution in [2.24, 2.45) is 0 Å². The van der Waals surface area contributed by atoms with Crippen molar-refractivity contribution in [3.8, 4) is 0 Å². The molecule has 0 N–H and O–H groups in total. The second kappa shape index (κ2) is 3.78. The molecule has 0 atom stereocenters. The van der Waals surface area contributed by atoms with E-state index in [1.165, 1.54) is 11.1 Å². The van der Waals surface area contributed by atoms with Gasteiger partial charge in [-0.2, -0.15) is 0 Å². The number of allylic oxidation sites excluding steroid dienone is 1. The number of hydrogen-bond acceptors (Lipinski definition) is 0. The van der Waals surface area contributed by atoms with E-state index in [4.69, 9.17) is 0 Å². The smallest absolute Gasteiger partial charge is 0.0132 e. The molecule has 0 spiro atoms. The Balaban J connectivity index is 2.94. The molecule has 69 valence electrons. The highest BCUT2D eigenvalue weighted by Gasteiger charge is 2.12. The van der Waals surface area contributed by atoms with Crippen molar-refractivity contribution in [1.29, 1.82) is 0 Å². The maximum Gasteiger partial charge on any atom is -0.0132 e.